The normalized spacial score (nSPS) is 14.7. The highest BCUT2D eigenvalue weighted by atomic mass is 127. The van der Waals surface area contributed by atoms with Crippen LogP contribution in [0.2, 0.25) is 0 Å². The van der Waals surface area contributed by atoms with Gasteiger partial charge in [0.05, 0.1) is 0 Å². The molecule has 0 saturated carbocycles. The summed E-state index contributed by atoms with van der Waals surface area (Å²) in [6, 6.07) is 8.04. The Bertz CT molecular complexity index is 530. The van der Waals surface area contributed by atoms with Crippen molar-refractivity contribution < 1.29 is 4.74 Å². The minimum absolute atomic E-state index is 0. The Morgan fingerprint density at radius 2 is 2.04 bits per heavy atom. The maximum absolute atomic E-state index is 5.68. The van der Waals surface area contributed by atoms with E-state index in [1.807, 2.05) is 18.2 Å². The molecule has 0 atom stereocenters. The van der Waals surface area contributed by atoms with Crippen LogP contribution in [-0.2, 0) is 6.54 Å². The predicted octanol–water partition coefficient (Wildman–Crippen LogP) is 3.02. The molecule has 1 fully saturated rings. The van der Waals surface area contributed by atoms with Crippen LogP contribution in [0, 0.1) is 0 Å². The summed E-state index contributed by atoms with van der Waals surface area (Å²) in [7, 11) is 1.80. The van der Waals surface area contributed by atoms with Gasteiger partial charge in [0.1, 0.15) is 12.4 Å². The molecule has 1 saturated heterocycles. The van der Waals surface area contributed by atoms with Crippen LogP contribution in [0.15, 0.2) is 41.9 Å². The van der Waals surface area contributed by atoms with Crippen LogP contribution >= 0.6 is 24.0 Å². The standard InChI is InChI=1S/C19H30N4O.HI/c1-3-15-24-18-10-5-4-9-17(18)16-22-19(20-2)21-11-8-14-23-12-6-7-13-23;/h3-5,9-10H,1,6-8,11-16H2,2H3,(H2,20,21,22);1H. The molecular formula is C19H31IN4O. The van der Waals surface area contributed by atoms with Crippen LogP contribution in [0.25, 0.3) is 0 Å². The predicted molar refractivity (Wildman–Crippen MR) is 116 cm³/mol. The summed E-state index contributed by atoms with van der Waals surface area (Å²) < 4.78 is 5.68. The largest absolute Gasteiger partial charge is 0.489 e. The molecule has 1 heterocycles. The van der Waals surface area contributed by atoms with E-state index in [0.29, 0.717) is 13.2 Å². The van der Waals surface area contributed by atoms with Gasteiger partial charge < -0.3 is 20.3 Å². The van der Waals surface area contributed by atoms with E-state index in [0.717, 1.165) is 30.2 Å². The Morgan fingerprint density at radius 3 is 2.76 bits per heavy atom. The average molecular weight is 458 g/mol. The number of nitrogens with zero attached hydrogens (tertiary/aromatic N) is 2. The van der Waals surface area contributed by atoms with Gasteiger partial charge in [-0.3, -0.25) is 4.99 Å². The first-order chi connectivity index (χ1) is 11.8. The molecule has 1 aliphatic heterocycles. The van der Waals surface area contributed by atoms with Crippen molar-refractivity contribution in [1.82, 2.24) is 15.5 Å². The summed E-state index contributed by atoms with van der Waals surface area (Å²) in [5.41, 5.74) is 1.11. The van der Waals surface area contributed by atoms with Gasteiger partial charge in [-0.15, -0.1) is 24.0 Å². The number of halogens is 1. The summed E-state index contributed by atoms with van der Waals surface area (Å²) in [6.07, 6.45) is 5.60. The van der Waals surface area contributed by atoms with Crippen LogP contribution in [-0.4, -0.2) is 50.7 Å². The highest BCUT2D eigenvalue weighted by Crippen LogP contribution is 2.17. The number of guanidine groups is 1. The Morgan fingerprint density at radius 1 is 1.28 bits per heavy atom. The lowest BCUT2D eigenvalue weighted by Gasteiger charge is -2.16. The zero-order valence-electron chi connectivity index (χ0n) is 15.2. The number of rotatable bonds is 9. The number of para-hydroxylation sites is 1. The van der Waals surface area contributed by atoms with Crippen molar-refractivity contribution in [2.24, 2.45) is 4.99 Å². The van der Waals surface area contributed by atoms with Crippen molar-refractivity contribution in [3.8, 4) is 5.75 Å². The zero-order valence-corrected chi connectivity index (χ0v) is 17.5. The van der Waals surface area contributed by atoms with E-state index in [1.54, 1.807) is 13.1 Å². The molecule has 2 rings (SSSR count). The van der Waals surface area contributed by atoms with Gasteiger partial charge in [-0.05, 0) is 45.0 Å². The molecule has 25 heavy (non-hydrogen) atoms. The first-order valence-electron chi connectivity index (χ1n) is 8.82. The monoisotopic (exact) mass is 458 g/mol. The van der Waals surface area contributed by atoms with Crippen molar-refractivity contribution in [3.05, 3.63) is 42.5 Å². The Labute approximate surface area is 168 Å². The van der Waals surface area contributed by atoms with Crippen molar-refractivity contribution in [3.63, 3.8) is 0 Å². The number of likely N-dealkylation sites (tertiary alicyclic amines) is 1. The van der Waals surface area contributed by atoms with Crippen LogP contribution in [0.5, 0.6) is 5.75 Å². The topological polar surface area (TPSA) is 48.9 Å². The van der Waals surface area contributed by atoms with E-state index in [-0.39, 0.29) is 24.0 Å². The average Bonchev–Trinajstić information content (AvgIpc) is 3.13. The molecule has 1 aliphatic rings. The van der Waals surface area contributed by atoms with Crippen molar-refractivity contribution in [2.45, 2.75) is 25.8 Å². The highest BCUT2D eigenvalue weighted by Gasteiger charge is 2.10. The van der Waals surface area contributed by atoms with Crippen LogP contribution in [0.1, 0.15) is 24.8 Å². The molecule has 2 N–H and O–H groups in total. The molecular weight excluding hydrogens is 427 g/mol. The third kappa shape index (κ3) is 8.09. The van der Waals surface area contributed by atoms with Crippen LogP contribution in [0.3, 0.4) is 0 Å². The van der Waals surface area contributed by atoms with Gasteiger partial charge in [-0.2, -0.15) is 0 Å². The van der Waals surface area contributed by atoms with Crippen LogP contribution in [0.4, 0.5) is 0 Å². The number of ether oxygens (including phenoxy) is 1. The smallest absolute Gasteiger partial charge is 0.191 e. The first kappa shape index (κ1) is 21.8. The summed E-state index contributed by atoms with van der Waals surface area (Å²) in [6.45, 7) is 9.51. The van der Waals surface area contributed by atoms with Crippen LogP contribution < -0.4 is 15.4 Å². The third-order valence-electron chi connectivity index (χ3n) is 4.14. The molecule has 0 radical (unpaired) electrons. The highest BCUT2D eigenvalue weighted by molar-refractivity contribution is 14.0. The summed E-state index contributed by atoms with van der Waals surface area (Å²) in [5, 5.41) is 6.73. The minimum Gasteiger partial charge on any atom is -0.489 e. The van der Waals surface area contributed by atoms with Gasteiger partial charge in [0.25, 0.3) is 0 Å². The second kappa shape index (κ2) is 13.0. The summed E-state index contributed by atoms with van der Waals surface area (Å²) >= 11 is 0. The Balaban J connectivity index is 0.00000312. The second-order valence-corrected chi connectivity index (χ2v) is 5.96. The molecule has 0 unspecified atom stereocenters. The Hall–Kier alpha value is -1.28. The number of hydrogen-bond acceptors (Lipinski definition) is 3. The van der Waals surface area contributed by atoms with Crippen molar-refractivity contribution in [1.29, 1.82) is 0 Å². The molecule has 0 aliphatic carbocycles. The molecule has 1 aromatic carbocycles. The number of hydrogen-bond donors (Lipinski definition) is 2. The van der Waals surface area contributed by atoms with Gasteiger partial charge in [0, 0.05) is 25.7 Å². The lowest BCUT2D eigenvalue weighted by molar-refractivity contribution is 0.334. The Kier molecular flexibility index (Phi) is 11.3. The fourth-order valence-electron chi connectivity index (χ4n) is 2.85. The van der Waals surface area contributed by atoms with E-state index >= 15 is 0 Å². The van der Waals surface area contributed by atoms with Gasteiger partial charge in [0.15, 0.2) is 5.96 Å². The van der Waals surface area contributed by atoms with Gasteiger partial charge >= 0.3 is 0 Å². The lowest BCUT2D eigenvalue weighted by atomic mass is 10.2. The molecule has 0 aromatic heterocycles. The molecule has 6 heteroatoms. The number of benzene rings is 1. The molecule has 1 aromatic rings. The quantitative estimate of drug-likeness (QED) is 0.197. The maximum Gasteiger partial charge on any atom is 0.191 e. The van der Waals surface area contributed by atoms with E-state index in [1.165, 1.54) is 32.5 Å². The summed E-state index contributed by atoms with van der Waals surface area (Å²) in [5.74, 6) is 1.71. The van der Waals surface area contributed by atoms with E-state index in [9.17, 15) is 0 Å². The van der Waals surface area contributed by atoms with Gasteiger partial charge in [-0.1, -0.05) is 30.9 Å². The third-order valence-corrected chi connectivity index (χ3v) is 4.14. The van der Waals surface area contributed by atoms with Gasteiger partial charge in [-0.25, -0.2) is 0 Å². The van der Waals surface area contributed by atoms with E-state index in [2.05, 4.69) is 33.2 Å². The molecule has 5 nitrogen and oxygen atoms in total. The molecule has 0 bridgehead atoms. The van der Waals surface area contributed by atoms with Crippen molar-refractivity contribution >= 4 is 29.9 Å². The maximum atomic E-state index is 5.68. The molecule has 140 valence electrons. The fourth-order valence-corrected chi connectivity index (χ4v) is 2.85. The first-order valence-corrected chi connectivity index (χ1v) is 8.82. The minimum atomic E-state index is 0. The fraction of sp³-hybridized carbons (Fsp3) is 0.526. The molecule has 0 spiro atoms. The summed E-state index contributed by atoms with van der Waals surface area (Å²) in [4.78, 5) is 6.82. The van der Waals surface area contributed by atoms with E-state index < -0.39 is 0 Å². The lowest BCUT2D eigenvalue weighted by Crippen LogP contribution is -2.38. The molecule has 0 amide bonds. The van der Waals surface area contributed by atoms with E-state index in [4.69, 9.17) is 4.74 Å². The SMILES string of the molecule is C=CCOc1ccccc1CNC(=NC)NCCCN1CCCC1.I. The second-order valence-electron chi connectivity index (χ2n) is 5.96. The number of aliphatic imine (C=N–C) groups is 1. The zero-order chi connectivity index (χ0) is 17.0. The van der Waals surface area contributed by atoms with Crippen molar-refractivity contribution in [2.75, 3.05) is 39.8 Å². The van der Waals surface area contributed by atoms with Gasteiger partial charge in [0.2, 0.25) is 0 Å². The number of nitrogens with one attached hydrogen (secondary N) is 2.